The second-order valence-electron chi connectivity index (χ2n) is 5.63. The van der Waals surface area contributed by atoms with Crippen LogP contribution >= 0.6 is 0 Å². The Kier molecular flexibility index (Phi) is 4.07. The lowest BCUT2D eigenvalue weighted by atomic mass is 10.1. The number of para-hydroxylation sites is 1. The summed E-state index contributed by atoms with van der Waals surface area (Å²) >= 11 is 0. The summed E-state index contributed by atoms with van der Waals surface area (Å²) in [6, 6.07) is 10.2. The van der Waals surface area contributed by atoms with E-state index < -0.39 is 0 Å². The van der Waals surface area contributed by atoms with Gasteiger partial charge >= 0.3 is 0 Å². The molecule has 110 valence electrons. The first kappa shape index (κ1) is 13.9. The monoisotopic (exact) mass is 284 g/mol. The zero-order valence-corrected chi connectivity index (χ0v) is 12.1. The highest BCUT2D eigenvalue weighted by Crippen LogP contribution is 2.26. The molecule has 5 nitrogen and oxygen atoms in total. The molecule has 21 heavy (non-hydrogen) atoms. The number of hydrogen-bond donors (Lipinski definition) is 1. The Morgan fingerprint density at radius 2 is 2.05 bits per heavy atom. The fraction of sp³-hybridized carbons (Fsp3) is 0.500. The first-order valence-corrected chi connectivity index (χ1v) is 7.50. The zero-order valence-electron chi connectivity index (χ0n) is 12.1. The summed E-state index contributed by atoms with van der Waals surface area (Å²) in [6.45, 7) is 4.07. The molecule has 1 amide bonds. The van der Waals surface area contributed by atoms with Gasteiger partial charge in [0, 0.05) is 51.3 Å². The number of carbonyl (C=O) groups excluding carboxylic acids is 1. The van der Waals surface area contributed by atoms with Gasteiger partial charge in [-0.2, -0.15) is 5.26 Å². The van der Waals surface area contributed by atoms with Gasteiger partial charge in [-0.15, -0.1) is 0 Å². The van der Waals surface area contributed by atoms with Crippen molar-refractivity contribution in [3.05, 3.63) is 29.8 Å². The first-order valence-electron chi connectivity index (χ1n) is 7.50. The molecular formula is C16H20N4O. The molecule has 1 N–H and O–H groups in total. The van der Waals surface area contributed by atoms with Gasteiger partial charge < -0.3 is 10.2 Å². The maximum atomic E-state index is 12.6. The highest BCUT2D eigenvalue weighted by molar-refractivity contribution is 5.87. The van der Waals surface area contributed by atoms with Gasteiger partial charge in [-0.25, -0.2) is 0 Å². The average Bonchev–Trinajstić information content (AvgIpc) is 2.96. The lowest BCUT2D eigenvalue weighted by Gasteiger charge is -2.35. The fourth-order valence-corrected chi connectivity index (χ4v) is 3.07. The van der Waals surface area contributed by atoms with Crippen LogP contribution in [0.3, 0.4) is 0 Å². The molecule has 1 fully saturated rings. The van der Waals surface area contributed by atoms with Crippen molar-refractivity contribution >= 4 is 11.6 Å². The number of piperazine rings is 1. The van der Waals surface area contributed by atoms with Crippen molar-refractivity contribution in [3.8, 4) is 6.07 Å². The third-order valence-electron chi connectivity index (χ3n) is 4.29. The Bertz CT molecular complexity index is 533. The summed E-state index contributed by atoms with van der Waals surface area (Å²) in [5.41, 5.74) is 2.31. The van der Waals surface area contributed by atoms with E-state index in [4.69, 9.17) is 5.26 Å². The predicted octanol–water partition coefficient (Wildman–Crippen LogP) is 1.08. The third kappa shape index (κ3) is 3.01. The van der Waals surface area contributed by atoms with Crippen molar-refractivity contribution in [1.29, 1.82) is 5.26 Å². The molecule has 0 spiro atoms. The third-order valence-corrected chi connectivity index (χ3v) is 4.29. The molecular weight excluding hydrogens is 264 g/mol. The molecule has 3 rings (SSSR count). The van der Waals surface area contributed by atoms with E-state index in [1.807, 2.05) is 23.1 Å². The summed E-state index contributed by atoms with van der Waals surface area (Å²) in [6.07, 6.45) is 1.34. The van der Waals surface area contributed by atoms with Gasteiger partial charge in [0.15, 0.2) is 0 Å². The van der Waals surface area contributed by atoms with E-state index in [1.54, 1.807) is 0 Å². The largest absolute Gasteiger partial charge is 0.373 e. The zero-order chi connectivity index (χ0) is 14.7. The number of rotatable bonds is 3. The number of nitrogens with zero attached hydrogens (tertiary/aromatic N) is 3. The molecule has 0 saturated carbocycles. The molecule has 0 unspecified atom stereocenters. The summed E-state index contributed by atoms with van der Waals surface area (Å²) < 4.78 is 0. The second kappa shape index (κ2) is 6.15. The number of nitrogens with one attached hydrogen (secondary N) is 1. The van der Waals surface area contributed by atoms with E-state index in [-0.39, 0.29) is 11.9 Å². The molecule has 1 atom stereocenters. The van der Waals surface area contributed by atoms with Gasteiger partial charge in [0.05, 0.1) is 6.07 Å². The SMILES string of the molecule is N#CCCN1CCN(C(=O)[C@@H]2Cc3ccccc3N2)CC1. The lowest BCUT2D eigenvalue weighted by Crippen LogP contribution is -2.52. The number of hydrogen-bond acceptors (Lipinski definition) is 4. The molecule has 1 aromatic carbocycles. The molecule has 0 aliphatic carbocycles. The maximum absolute atomic E-state index is 12.6. The van der Waals surface area contributed by atoms with Crippen LogP contribution in [0.25, 0.3) is 0 Å². The van der Waals surface area contributed by atoms with Crippen molar-refractivity contribution in [1.82, 2.24) is 9.80 Å². The Morgan fingerprint density at radius 1 is 1.29 bits per heavy atom. The maximum Gasteiger partial charge on any atom is 0.245 e. The van der Waals surface area contributed by atoms with Gasteiger partial charge in [-0.05, 0) is 11.6 Å². The Hall–Kier alpha value is -2.06. The summed E-state index contributed by atoms with van der Waals surface area (Å²) in [5, 5.41) is 11.9. The van der Waals surface area contributed by atoms with Crippen molar-refractivity contribution in [2.75, 3.05) is 38.0 Å². The predicted molar refractivity (Wildman–Crippen MR) is 80.8 cm³/mol. The molecule has 1 aromatic rings. The van der Waals surface area contributed by atoms with Crippen LogP contribution in [-0.4, -0.2) is 54.5 Å². The van der Waals surface area contributed by atoms with Crippen LogP contribution < -0.4 is 5.32 Å². The van der Waals surface area contributed by atoms with E-state index in [1.165, 1.54) is 5.56 Å². The molecule has 2 aliphatic rings. The number of fused-ring (bicyclic) bond motifs is 1. The van der Waals surface area contributed by atoms with E-state index in [0.29, 0.717) is 6.42 Å². The Morgan fingerprint density at radius 3 is 2.76 bits per heavy atom. The quantitative estimate of drug-likeness (QED) is 0.902. The number of amides is 1. The number of nitriles is 1. The summed E-state index contributed by atoms with van der Waals surface area (Å²) in [5.74, 6) is 0.200. The molecule has 0 bridgehead atoms. The lowest BCUT2D eigenvalue weighted by molar-refractivity contribution is -0.133. The minimum absolute atomic E-state index is 0.118. The van der Waals surface area contributed by atoms with Crippen LogP contribution in [0, 0.1) is 11.3 Å². The molecule has 1 saturated heterocycles. The second-order valence-corrected chi connectivity index (χ2v) is 5.63. The van der Waals surface area contributed by atoms with E-state index in [0.717, 1.165) is 44.8 Å². The number of anilines is 1. The van der Waals surface area contributed by atoms with Gasteiger partial charge in [0.2, 0.25) is 5.91 Å². The minimum Gasteiger partial charge on any atom is -0.373 e. The number of carbonyl (C=O) groups is 1. The fourth-order valence-electron chi connectivity index (χ4n) is 3.07. The van der Waals surface area contributed by atoms with Crippen LogP contribution in [0.2, 0.25) is 0 Å². The van der Waals surface area contributed by atoms with Crippen LogP contribution in [0.4, 0.5) is 5.69 Å². The average molecular weight is 284 g/mol. The van der Waals surface area contributed by atoms with E-state index >= 15 is 0 Å². The van der Waals surface area contributed by atoms with Crippen molar-refractivity contribution in [2.45, 2.75) is 18.9 Å². The van der Waals surface area contributed by atoms with Gasteiger partial charge in [-0.1, -0.05) is 18.2 Å². The van der Waals surface area contributed by atoms with Gasteiger partial charge in [-0.3, -0.25) is 9.69 Å². The van der Waals surface area contributed by atoms with Crippen LogP contribution in [0.15, 0.2) is 24.3 Å². The van der Waals surface area contributed by atoms with Crippen molar-refractivity contribution in [3.63, 3.8) is 0 Å². The van der Waals surface area contributed by atoms with Crippen LogP contribution in [0.5, 0.6) is 0 Å². The highest BCUT2D eigenvalue weighted by Gasteiger charge is 2.31. The van der Waals surface area contributed by atoms with Crippen molar-refractivity contribution in [2.24, 2.45) is 0 Å². The standard InChI is InChI=1S/C16H20N4O/c17-6-3-7-19-8-10-20(11-9-19)16(21)15-12-13-4-1-2-5-14(13)18-15/h1-2,4-5,15,18H,3,7-12H2/t15-/m0/s1. The smallest absolute Gasteiger partial charge is 0.245 e. The van der Waals surface area contributed by atoms with Gasteiger partial charge in [0.25, 0.3) is 0 Å². The number of benzene rings is 1. The van der Waals surface area contributed by atoms with Crippen LogP contribution in [-0.2, 0) is 11.2 Å². The minimum atomic E-state index is -0.118. The first-order chi connectivity index (χ1) is 10.3. The molecule has 2 heterocycles. The molecule has 2 aliphatic heterocycles. The topological polar surface area (TPSA) is 59.4 Å². The Balaban J connectivity index is 1.53. The Labute approximate surface area is 125 Å². The van der Waals surface area contributed by atoms with Gasteiger partial charge in [0.1, 0.15) is 6.04 Å². The molecule has 5 heteroatoms. The van der Waals surface area contributed by atoms with E-state index in [2.05, 4.69) is 22.4 Å². The highest BCUT2D eigenvalue weighted by atomic mass is 16.2. The summed E-state index contributed by atoms with van der Waals surface area (Å²) in [7, 11) is 0. The summed E-state index contributed by atoms with van der Waals surface area (Å²) in [4.78, 5) is 16.8. The van der Waals surface area contributed by atoms with Crippen LogP contribution in [0.1, 0.15) is 12.0 Å². The van der Waals surface area contributed by atoms with Crippen molar-refractivity contribution < 1.29 is 4.79 Å². The molecule has 0 aromatic heterocycles. The van der Waals surface area contributed by atoms with E-state index in [9.17, 15) is 4.79 Å². The molecule has 0 radical (unpaired) electrons. The normalized spacial score (nSPS) is 21.5.